The molecule has 1 heterocycles. The van der Waals surface area contributed by atoms with E-state index in [9.17, 15) is 0 Å². The maximum Gasteiger partial charge on any atom is 0.186 e. The smallest absolute Gasteiger partial charge is 0.186 e. The largest absolute Gasteiger partial charge is 0.314 e. The fourth-order valence-electron chi connectivity index (χ4n) is 0.805. The molecular formula is C6H13N5. The molecule has 0 unspecified atom stereocenters. The number of hydrogen-bond acceptors (Lipinski definition) is 5. The molecule has 0 amide bonds. The second-order valence-corrected chi connectivity index (χ2v) is 2.79. The van der Waals surface area contributed by atoms with Gasteiger partial charge in [-0.2, -0.15) is 0 Å². The molecule has 11 heavy (non-hydrogen) atoms. The van der Waals surface area contributed by atoms with Crippen LogP contribution in [0, 0.1) is 0 Å². The summed E-state index contributed by atoms with van der Waals surface area (Å²) in [7, 11) is 0. The fourth-order valence-corrected chi connectivity index (χ4v) is 0.805. The minimum absolute atomic E-state index is 0.0405. The highest BCUT2D eigenvalue weighted by atomic mass is 15.6. The summed E-state index contributed by atoms with van der Waals surface area (Å²) in [5, 5.41) is 17.7. The van der Waals surface area contributed by atoms with Gasteiger partial charge in [0.1, 0.15) is 0 Å². The van der Waals surface area contributed by atoms with Crippen molar-refractivity contribution < 1.29 is 0 Å². The highest BCUT2D eigenvalue weighted by Crippen LogP contribution is 2.07. The number of hydrogen-bond donors (Lipinski definition) is 1. The first-order valence-electron chi connectivity index (χ1n) is 3.82. The predicted molar refractivity (Wildman–Crippen MR) is 41.3 cm³/mol. The second-order valence-electron chi connectivity index (χ2n) is 2.79. The van der Waals surface area contributed by atoms with Gasteiger partial charge in [-0.25, -0.2) is 0 Å². The van der Waals surface area contributed by atoms with Crippen LogP contribution in [0.2, 0.25) is 0 Å². The van der Waals surface area contributed by atoms with Crippen molar-refractivity contribution in [3.63, 3.8) is 0 Å². The molecule has 0 spiro atoms. The Bertz CT molecular complexity index is 150. The monoisotopic (exact) mass is 155 g/mol. The number of nitrogens with zero attached hydrogens (tertiary/aromatic N) is 4. The van der Waals surface area contributed by atoms with Crippen LogP contribution in [0.4, 0.5) is 0 Å². The zero-order chi connectivity index (χ0) is 8.10. The van der Waals surface area contributed by atoms with Crippen molar-refractivity contribution in [1.29, 1.82) is 0 Å². The average Bonchev–Trinajstić information content (AvgIpc) is 2.39. The molecule has 0 aromatic carbocycles. The summed E-state index contributed by atoms with van der Waals surface area (Å²) in [6, 6.07) is 0.519. The summed E-state index contributed by atoms with van der Waals surface area (Å²) in [5.74, 6) is 0. The molecular weight excluding hydrogens is 142 g/mol. The lowest BCUT2D eigenvalue weighted by molar-refractivity contribution is 0.529. The summed E-state index contributed by atoms with van der Waals surface area (Å²) in [5.41, 5.74) is 0. The van der Waals surface area contributed by atoms with Crippen LogP contribution >= 0.6 is 0 Å². The zero-order valence-electron chi connectivity index (χ0n) is 6.86. The van der Waals surface area contributed by atoms with E-state index in [4.69, 9.17) is 0 Å². The third kappa shape index (κ3) is 3.18. The molecule has 0 aromatic rings. The number of nitrogens with one attached hydrogen (secondary N) is 1. The Kier molecular flexibility index (Phi) is 3.10. The third-order valence-electron chi connectivity index (χ3n) is 1.36. The van der Waals surface area contributed by atoms with E-state index in [1.54, 1.807) is 0 Å². The molecule has 0 atom stereocenters. The minimum atomic E-state index is -0.0405. The SMILES string of the molecule is CC(C)NCCC1N=NN=N1. The lowest BCUT2D eigenvalue weighted by Gasteiger charge is -2.07. The van der Waals surface area contributed by atoms with Crippen LogP contribution in [0.5, 0.6) is 0 Å². The van der Waals surface area contributed by atoms with Crippen molar-refractivity contribution in [1.82, 2.24) is 5.32 Å². The normalized spacial score (nSPS) is 17.0. The van der Waals surface area contributed by atoms with Crippen molar-refractivity contribution >= 4 is 0 Å². The van der Waals surface area contributed by atoms with Gasteiger partial charge in [0.15, 0.2) is 6.17 Å². The van der Waals surface area contributed by atoms with Crippen molar-refractivity contribution in [3.8, 4) is 0 Å². The van der Waals surface area contributed by atoms with Crippen LogP contribution in [0.3, 0.4) is 0 Å². The Labute approximate surface area is 66.0 Å². The summed E-state index contributed by atoms with van der Waals surface area (Å²) >= 11 is 0. The van der Waals surface area contributed by atoms with E-state index in [1.807, 2.05) is 0 Å². The predicted octanol–water partition coefficient (Wildman–Crippen LogP) is 1.53. The van der Waals surface area contributed by atoms with E-state index >= 15 is 0 Å². The van der Waals surface area contributed by atoms with Crippen molar-refractivity contribution in [3.05, 3.63) is 0 Å². The Morgan fingerprint density at radius 3 is 2.45 bits per heavy atom. The standard InChI is InChI=1S/C6H13N5/c1-5(2)7-4-3-6-8-10-11-9-6/h5-7H,3-4H2,1-2H3. The Morgan fingerprint density at radius 2 is 1.91 bits per heavy atom. The second kappa shape index (κ2) is 4.12. The maximum atomic E-state index is 3.78. The highest BCUT2D eigenvalue weighted by molar-refractivity contribution is 4.64. The van der Waals surface area contributed by atoms with Gasteiger partial charge in [0.05, 0.1) is 0 Å². The van der Waals surface area contributed by atoms with Crippen LogP contribution in [0.15, 0.2) is 20.7 Å². The Morgan fingerprint density at radius 1 is 1.27 bits per heavy atom. The van der Waals surface area contributed by atoms with E-state index in [1.165, 1.54) is 0 Å². The molecule has 62 valence electrons. The van der Waals surface area contributed by atoms with Gasteiger partial charge in [-0.05, 0) is 17.0 Å². The van der Waals surface area contributed by atoms with E-state index in [-0.39, 0.29) is 6.17 Å². The van der Waals surface area contributed by atoms with Gasteiger partial charge in [0.25, 0.3) is 0 Å². The van der Waals surface area contributed by atoms with Gasteiger partial charge < -0.3 is 5.32 Å². The van der Waals surface area contributed by atoms with E-state index < -0.39 is 0 Å². The molecule has 0 bridgehead atoms. The topological polar surface area (TPSA) is 61.5 Å². The molecule has 1 N–H and O–H groups in total. The molecule has 0 saturated heterocycles. The molecule has 0 radical (unpaired) electrons. The van der Waals surface area contributed by atoms with Crippen LogP contribution in [0.1, 0.15) is 20.3 Å². The van der Waals surface area contributed by atoms with Gasteiger partial charge in [0.2, 0.25) is 0 Å². The summed E-state index contributed by atoms with van der Waals surface area (Å²) in [4.78, 5) is 0. The van der Waals surface area contributed by atoms with Crippen molar-refractivity contribution in [2.24, 2.45) is 20.7 Å². The highest BCUT2D eigenvalue weighted by Gasteiger charge is 2.07. The van der Waals surface area contributed by atoms with Gasteiger partial charge in [-0.1, -0.05) is 13.8 Å². The summed E-state index contributed by atoms with van der Waals surface area (Å²) in [6.45, 7) is 5.13. The molecule has 5 nitrogen and oxygen atoms in total. The van der Waals surface area contributed by atoms with Crippen LogP contribution < -0.4 is 5.32 Å². The quantitative estimate of drug-likeness (QED) is 0.657. The molecule has 0 fully saturated rings. The van der Waals surface area contributed by atoms with Gasteiger partial charge in [-0.15, -0.1) is 10.2 Å². The van der Waals surface area contributed by atoms with E-state index in [0.29, 0.717) is 6.04 Å². The van der Waals surface area contributed by atoms with Crippen LogP contribution in [0.25, 0.3) is 0 Å². The number of rotatable bonds is 4. The van der Waals surface area contributed by atoms with Gasteiger partial charge >= 0.3 is 0 Å². The first kappa shape index (κ1) is 8.26. The molecule has 1 rings (SSSR count). The van der Waals surface area contributed by atoms with Crippen LogP contribution in [-0.2, 0) is 0 Å². The first-order valence-corrected chi connectivity index (χ1v) is 3.82. The molecule has 0 aliphatic carbocycles. The fraction of sp³-hybridized carbons (Fsp3) is 1.00. The summed E-state index contributed by atoms with van der Waals surface area (Å²) < 4.78 is 0. The van der Waals surface area contributed by atoms with Crippen LogP contribution in [-0.4, -0.2) is 18.8 Å². The zero-order valence-corrected chi connectivity index (χ0v) is 6.86. The summed E-state index contributed by atoms with van der Waals surface area (Å²) in [6.07, 6.45) is 0.840. The van der Waals surface area contributed by atoms with Crippen molar-refractivity contribution in [2.75, 3.05) is 6.54 Å². The molecule has 5 heteroatoms. The maximum absolute atomic E-state index is 3.78. The third-order valence-corrected chi connectivity index (χ3v) is 1.36. The van der Waals surface area contributed by atoms with E-state index in [0.717, 1.165) is 13.0 Å². The molecule has 1 aliphatic rings. The van der Waals surface area contributed by atoms with Crippen molar-refractivity contribution in [2.45, 2.75) is 32.5 Å². The minimum Gasteiger partial charge on any atom is -0.314 e. The molecule has 1 aliphatic heterocycles. The molecule has 0 aromatic heterocycles. The average molecular weight is 155 g/mol. The van der Waals surface area contributed by atoms with Gasteiger partial charge in [-0.3, -0.25) is 0 Å². The Hall–Kier alpha value is -0.840. The lowest BCUT2D eigenvalue weighted by atomic mass is 10.3. The molecule has 0 saturated carbocycles. The Balaban J connectivity index is 2.03. The first-order chi connectivity index (χ1) is 5.29. The van der Waals surface area contributed by atoms with Gasteiger partial charge in [0, 0.05) is 12.5 Å². The van der Waals surface area contributed by atoms with E-state index in [2.05, 4.69) is 39.8 Å². The lowest BCUT2D eigenvalue weighted by Crippen LogP contribution is -2.25.